The van der Waals surface area contributed by atoms with Crippen LogP contribution < -0.4 is 10.0 Å². The van der Waals surface area contributed by atoms with Gasteiger partial charge in [0.05, 0.1) is 16.8 Å². The van der Waals surface area contributed by atoms with E-state index in [2.05, 4.69) is 10.0 Å². The molecule has 2 aromatic carbocycles. The van der Waals surface area contributed by atoms with Gasteiger partial charge in [0.2, 0.25) is 10.0 Å². The number of aryl methyl sites for hydroxylation is 1. The Balaban J connectivity index is 1.90. The van der Waals surface area contributed by atoms with E-state index in [0.717, 1.165) is 28.0 Å². The topological polar surface area (TPSA) is 75.3 Å². The lowest BCUT2D eigenvalue weighted by Crippen LogP contribution is -2.14. The molecule has 5 nitrogen and oxygen atoms in total. The number of hydrogen-bond donors (Lipinski definition) is 2. The van der Waals surface area contributed by atoms with Crippen LogP contribution in [0.25, 0.3) is 10.1 Å². The summed E-state index contributed by atoms with van der Waals surface area (Å²) in [6, 6.07) is 11.4. The highest BCUT2D eigenvalue weighted by atomic mass is 32.2. The third kappa shape index (κ3) is 3.80. The van der Waals surface area contributed by atoms with Crippen LogP contribution in [-0.2, 0) is 10.0 Å². The molecule has 3 aromatic rings. The van der Waals surface area contributed by atoms with E-state index in [0.29, 0.717) is 10.6 Å². The molecule has 1 aromatic heterocycles. The van der Waals surface area contributed by atoms with Crippen LogP contribution in [0.3, 0.4) is 0 Å². The molecule has 0 bridgehead atoms. The van der Waals surface area contributed by atoms with Gasteiger partial charge in [0.1, 0.15) is 5.82 Å². The molecule has 2 N–H and O–H groups in total. The van der Waals surface area contributed by atoms with E-state index >= 15 is 0 Å². The molecule has 3 rings (SSSR count). The molecule has 0 atom stereocenters. The van der Waals surface area contributed by atoms with Crippen molar-refractivity contribution in [3.8, 4) is 0 Å². The summed E-state index contributed by atoms with van der Waals surface area (Å²) in [6.45, 7) is 1.87. The standard InChI is InChI=1S/C17H15FN2O3S2/c1-10-12-5-3-4-6-15(12)24-16(10)17(21)19-11-7-8-13(18)14(9-11)20-25(2,22)23/h3-9,20H,1-2H3,(H,19,21). The first-order valence-corrected chi connectivity index (χ1v) is 10.0. The van der Waals surface area contributed by atoms with Gasteiger partial charge in [-0.15, -0.1) is 11.3 Å². The predicted octanol–water partition coefficient (Wildman–Crippen LogP) is 3.97. The van der Waals surface area contributed by atoms with E-state index in [1.807, 2.05) is 31.2 Å². The van der Waals surface area contributed by atoms with Crippen LogP contribution in [0.2, 0.25) is 0 Å². The number of benzene rings is 2. The van der Waals surface area contributed by atoms with Gasteiger partial charge in [0.15, 0.2) is 0 Å². The number of hydrogen-bond acceptors (Lipinski definition) is 4. The zero-order chi connectivity index (χ0) is 18.2. The van der Waals surface area contributed by atoms with E-state index in [-0.39, 0.29) is 11.6 Å². The summed E-state index contributed by atoms with van der Waals surface area (Å²) in [5, 5.41) is 3.69. The van der Waals surface area contributed by atoms with Crippen LogP contribution in [0.15, 0.2) is 42.5 Å². The SMILES string of the molecule is Cc1c(C(=O)Nc2ccc(F)c(NS(C)(=O)=O)c2)sc2ccccc12. The van der Waals surface area contributed by atoms with E-state index in [1.54, 1.807) is 0 Å². The molecule has 0 aliphatic heterocycles. The van der Waals surface area contributed by atoms with Crippen LogP contribution in [0, 0.1) is 12.7 Å². The predicted molar refractivity (Wildman–Crippen MR) is 99.4 cm³/mol. The van der Waals surface area contributed by atoms with E-state index in [4.69, 9.17) is 0 Å². The van der Waals surface area contributed by atoms with Crippen molar-refractivity contribution in [1.82, 2.24) is 0 Å². The normalized spacial score (nSPS) is 11.5. The van der Waals surface area contributed by atoms with Crippen molar-refractivity contribution in [2.24, 2.45) is 0 Å². The highest BCUT2D eigenvalue weighted by Crippen LogP contribution is 2.31. The third-order valence-electron chi connectivity index (χ3n) is 3.57. The number of sulfonamides is 1. The van der Waals surface area contributed by atoms with Gasteiger partial charge >= 0.3 is 0 Å². The summed E-state index contributed by atoms with van der Waals surface area (Å²) in [7, 11) is -3.62. The summed E-state index contributed by atoms with van der Waals surface area (Å²) in [6.07, 6.45) is 0.929. The molecule has 1 heterocycles. The Morgan fingerprint density at radius 3 is 2.56 bits per heavy atom. The monoisotopic (exact) mass is 378 g/mol. The number of fused-ring (bicyclic) bond motifs is 1. The number of halogens is 1. The minimum absolute atomic E-state index is 0.214. The lowest BCUT2D eigenvalue weighted by molar-refractivity contribution is 0.103. The molecule has 0 spiro atoms. The quantitative estimate of drug-likeness (QED) is 0.721. The summed E-state index contributed by atoms with van der Waals surface area (Å²) in [4.78, 5) is 13.1. The van der Waals surface area contributed by atoms with Crippen molar-refractivity contribution in [2.45, 2.75) is 6.92 Å². The Morgan fingerprint density at radius 1 is 1.16 bits per heavy atom. The van der Waals surface area contributed by atoms with Crippen LogP contribution in [0.1, 0.15) is 15.2 Å². The molecule has 1 amide bonds. The number of amides is 1. The van der Waals surface area contributed by atoms with Crippen molar-refractivity contribution in [3.05, 3.63) is 58.7 Å². The second-order valence-electron chi connectivity index (χ2n) is 5.58. The van der Waals surface area contributed by atoms with Crippen molar-refractivity contribution in [1.29, 1.82) is 0 Å². The Labute approximate surface area is 148 Å². The van der Waals surface area contributed by atoms with Crippen molar-refractivity contribution < 1.29 is 17.6 Å². The summed E-state index contributed by atoms with van der Waals surface area (Å²) in [5.41, 5.74) is 0.956. The highest BCUT2D eigenvalue weighted by molar-refractivity contribution is 7.92. The molecule has 130 valence electrons. The zero-order valence-electron chi connectivity index (χ0n) is 13.5. The minimum Gasteiger partial charge on any atom is -0.321 e. The first kappa shape index (κ1) is 17.4. The second kappa shape index (κ2) is 6.45. The van der Waals surface area contributed by atoms with Gasteiger partial charge in [-0.05, 0) is 42.1 Å². The molecule has 0 fully saturated rings. The van der Waals surface area contributed by atoms with Gasteiger partial charge in [0.25, 0.3) is 5.91 Å². The van der Waals surface area contributed by atoms with Gasteiger partial charge in [0, 0.05) is 10.4 Å². The number of nitrogens with one attached hydrogen (secondary N) is 2. The fourth-order valence-corrected chi connectivity index (χ4v) is 4.12. The average molecular weight is 378 g/mol. The Morgan fingerprint density at radius 2 is 1.88 bits per heavy atom. The average Bonchev–Trinajstić information content (AvgIpc) is 2.87. The fraction of sp³-hybridized carbons (Fsp3) is 0.118. The first-order valence-electron chi connectivity index (χ1n) is 7.31. The van der Waals surface area contributed by atoms with Crippen LogP contribution in [0.5, 0.6) is 0 Å². The Hall–Kier alpha value is -2.45. The molecular weight excluding hydrogens is 363 g/mol. The van der Waals surface area contributed by atoms with Gasteiger partial charge in [-0.2, -0.15) is 0 Å². The maximum atomic E-state index is 13.7. The number of anilines is 2. The second-order valence-corrected chi connectivity index (χ2v) is 8.38. The molecule has 0 aliphatic rings. The maximum Gasteiger partial charge on any atom is 0.266 e. The molecule has 0 unspecified atom stereocenters. The van der Waals surface area contributed by atoms with Gasteiger partial charge in [-0.25, -0.2) is 12.8 Å². The van der Waals surface area contributed by atoms with Crippen molar-refractivity contribution in [2.75, 3.05) is 16.3 Å². The number of thiophene rings is 1. The molecular formula is C17H15FN2O3S2. The Bertz CT molecular complexity index is 1070. The van der Waals surface area contributed by atoms with Crippen molar-refractivity contribution >= 4 is 48.7 Å². The fourth-order valence-electron chi connectivity index (χ4n) is 2.46. The summed E-state index contributed by atoms with van der Waals surface area (Å²) in [5.74, 6) is -1.04. The lowest BCUT2D eigenvalue weighted by Gasteiger charge is -2.09. The smallest absolute Gasteiger partial charge is 0.266 e. The van der Waals surface area contributed by atoms with Gasteiger partial charge in [-0.1, -0.05) is 18.2 Å². The molecule has 25 heavy (non-hydrogen) atoms. The minimum atomic E-state index is -3.62. The summed E-state index contributed by atoms with van der Waals surface area (Å²) < 4.78 is 39.4. The van der Waals surface area contributed by atoms with E-state index < -0.39 is 15.8 Å². The largest absolute Gasteiger partial charge is 0.321 e. The summed E-state index contributed by atoms with van der Waals surface area (Å²) >= 11 is 1.37. The van der Waals surface area contributed by atoms with E-state index in [1.165, 1.54) is 23.5 Å². The number of rotatable bonds is 4. The maximum absolute atomic E-state index is 13.7. The number of carbonyl (C=O) groups is 1. The van der Waals surface area contributed by atoms with Gasteiger partial charge in [-0.3, -0.25) is 9.52 Å². The first-order chi connectivity index (χ1) is 11.7. The molecule has 0 radical (unpaired) electrons. The van der Waals surface area contributed by atoms with Gasteiger partial charge < -0.3 is 5.32 Å². The molecule has 8 heteroatoms. The zero-order valence-corrected chi connectivity index (χ0v) is 15.1. The van der Waals surface area contributed by atoms with Crippen molar-refractivity contribution in [3.63, 3.8) is 0 Å². The van der Waals surface area contributed by atoms with E-state index in [9.17, 15) is 17.6 Å². The van der Waals surface area contributed by atoms with Crippen LogP contribution >= 0.6 is 11.3 Å². The molecule has 0 saturated carbocycles. The Kier molecular flexibility index (Phi) is 4.49. The molecule has 0 saturated heterocycles. The van der Waals surface area contributed by atoms with Crippen LogP contribution in [0.4, 0.5) is 15.8 Å². The molecule has 0 aliphatic carbocycles. The third-order valence-corrected chi connectivity index (χ3v) is 5.43. The lowest BCUT2D eigenvalue weighted by atomic mass is 10.1. The highest BCUT2D eigenvalue weighted by Gasteiger charge is 2.16. The number of carbonyl (C=O) groups excluding carboxylic acids is 1. The van der Waals surface area contributed by atoms with Crippen LogP contribution in [-0.4, -0.2) is 20.6 Å².